The maximum atomic E-state index is 12.7. The third-order valence-corrected chi connectivity index (χ3v) is 2.74. The smallest absolute Gasteiger partial charge is 0.395 e. The molecule has 0 unspecified atom stereocenters. The molecule has 0 saturated carbocycles. The number of rotatable bonds is 6. The lowest BCUT2D eigenvalue weighted by atomic mass is 10.3. The standard InChI is InChI=1S/C11H17F3N4O3/c1-7(2)17-10(9(18(20)21)8(3)15-17)16(4-5-19)6-11(12,13)14/h7,19H,4-6H2,1-3H3. The van der Waals surface area contributed by atoms with Crippen LogP contribution in [0.25, 0.3) is 0 Å². The van der Waals surface area contributed by atoms with Crippen LogP contribution in [0, 0.1) is 17.0 Å². The first-order valence-corrected chi connectivity index (χ1v) is 6.24. The van der Waals surface area contributed by atoms with Gasteiger partial charge in [-0.25, -0.2) is 4.68 Å². The Balaban J connectivity index is 3.43. The first kappa shape index (κ1) is 17.2. The van der Waals surface area contributed by atoms with Crippen molar-refractivity contribution in [2.75, 3.05) is 24.6 Å². The number of anilines is 1. The van der Waals surface area contributed by atoms with Gasteiger partial charge in [0.2, 0.25) is 5.82 Å². The van der Waals surface area contributed by atoms with Gasteiger partial charge in [-0.1, -0.05) is 0 Å². The topological polar surface area (TPSA) is 84.4 Å². The second kappa shape index (κ2) is 6.29. The van der Waals surface area contributed by atoms with Gasteiger partial charge in [-0.2, -0.15) is 18.3 Å². The average Bonchev–Trinajstić information content (AvgIpc) is 2.64. The van der Waals surface area contributed by atoms with Crippen LogP contribution in [0.15, 0.2) is 0 Å². The fourth-order valence-electron chi connectivity index (χ4n) is 1.99. The van der Waals surface area contributed by atoms with E-state index in [1.54, 1.807) is 13.8 Å². The van der Waals surface area contributed by atoms with Crippen LogP contribution in [0.4, 0.5) is 24.7 Å². The van der Waals surface area contributed by atoms with Crippen molar-refractivity contribution < 1.29 is 23.2 Å². The summed E-state index contributed by atoms with van der Waals surface area (Å²) in [6.45, 7) is 2.35. The molecular formula is C11H17F3N4O3. The molecule has 0 saturated heterocycles. The van der Waals surface area contributed by atoms with Gasteiger partial charge < -0.3 is 10.0 Å². The predicted molar refractivity (Wildman–Crippen MR) is 69.4 cm³/mol. The number of nitrogens with zero attached hydrogens (tertiary/aromatic N) is 4. The summed E-state index contributed by atoms with van der Waals surface area (Å²) in [6.07, 6.45) is -4.55. The molecule has 0 amide bonds. The fourth-order valence-corrected chi connectivity index (χ4v) is 1.99. The first-order valence-electron chi connectivity index (χ1n) is 6.24. The van der Waals surface area contributed by atoms with Gasteiger partial charge in [0.1, 0.15) is 12.2 Å². The van der Waals surface area contributed by atoms with Crippen molar-refractivity contribution in [2.45, 2.75) is 33.0 Å². The highest BCUT2D eigenvalue weighted by molar-refractivity contribution is 5.61. The Morgan fingerprint density at radius 1 is 1.48 bits per heavy atom. The first-order chi connectivity index (χ1) is 9.58. The molecule has 120 valence electrons. The Hall–Kier alpha value is -1.84. The lowest BCUT2D eigenvalue weighted by Crippen LogP contribution is -2.38. The van der Waals surface area contributed by atoms with E-state index in [0.29, 0.717) is 0 Å². The van der Waals surface area contributed by atoms with Crippen molar-refractivity contribution >= 4 is 11.5 Å². The Labute approximate surface area is 119 Å². The number of halogens is 3. The molecule has 21 heavy (non-hydrogen) atoms. The van der Waals surface area contributed by atoms with Crippen LogP contribution in [0.1, 0.15) is 25.6 Å². The monoisotopic (exact) mass is 310 g/mol. The summed E-state index contributed by atoms with van der Waals surface area (Å²) in [6, 6.07) is -0.359. The van der Waals surface area contributed by atoms with Crippen molar-refractivity contribution in [1.29, 1.82) is 0 Å². The van der Waals surface area contributed by atoms with Gasteiger partial charge in [0.05, 0.1) is 11.5 Å². The van der Waals surface area contributed by atoms with E-state index in [0.717, 1.165) is 4.90 Å². The van der Waals surface area contributed by atoms with E-state index in [1.807, 2.05) is 0 Å². The molecule has 1 N–H and O–H groups in total. The molecule has 0 aliphatic carbocycles. The lowest BCUT2D eigenvalue weighted by molar-refractivity contribution is -0.384. The molecular weight excluding hydrogens is 293 g/mol. The summed E-state index contributed by atoms with van der Waals surface area (Å²) >= 11 is 0. The third-order valence-electron chi connectivity index (χ3n) is 2.74. The average molecular weight is 310 g/mol. The van der Waals surface area contributed by atoms with Crippen LogP contribution in [0.3, 0.4) is 0 Å². The molecule has 0 aliphatic heterocycles. The minimum Gasteiger partial charge on any atom is -0.395 e. The molecule has 7 nitrogen and oxygen atoms in total. The molecule has 1 heterocycles. The number of hydrogen-bond acceptors (Lipinski definition) is 5. The Bertz CT molecular complexity index is 514. The van der Waals surface area contributed by atoms with Crippen molar-refractivity contribution in [3.63, 3.8) is 0 Å². The number of alkyl halides is 3. The minimum atomic E-state index is -4.55. The summed E-state index contributed by atoms with van der Waals surface area (Å²) in [4.78, 5) is 11.1. The molecule has 0 spiro atoms. The number of aromatic nitrogens is 2. The van der Waals surface area contributed by atoms with E-state index < -0.39 is 29.9 Å². The van der Waals surface area contributed by atoms with Gasteiger partial charge in [-0.3, -0.25) is 10.1 Å². The summed E-state index contributed by atoms with van der Waals surface area (Å²) in [5.74, 6) is -0.237. The predicted octanol–water partition coefficient (Wildman–Crippen LogP) is 2.04. The van der Waals surface area contributed by atoms with E-state index >= 15 is 0 Å². The molecule has 10 heteroatoms. The lowest BCUT2D eigenvalue weighted by Gasteiger charge is -2.25. The number of aryl methyl sites for hydroxylation is 1. The van der Waals surface area contributed by atoms with Crippen LogP contribution >= 0.6 is 0 Å². The normalized spacial score (nSPS) is 12.0. The van der Waals surface area contributed by atoms with Gasteiger partial charge in [0, 0.05) is 12.6 Å². The van der Waals surface area contributed by atoms with Gasteiger partial charge in [0.15, 0.2) is 0 Å². The van der Waals surface area contributed by atoms with Crippen LogP contribution in [0.5, 0.6) is 0 Å². The molecule has 0 fully saturated rings. The SMILES string of the molecule is Cc1nn(C(C)C)c(N(CCO)CC(F)(F)F)c1[N+](=O)[O-]. The van der Waals surface area contributed by atoms with E-state index in [1.165, 1.54) is 11.6 Å². The maximum Gasteiger partial charge on any atom is 0.405 e. The number of hydrogen-bond donors (Lipinski definition) is 1. The van der Waals surface area contributed by atoms with Crippen LogP contribution < -0.4 is 4.90 Å². The minimum absolute atomic E-state index is 0.0359. The number of nitro groups is 1. The van der Waals surface area contributed by atoms with Crippen molar-refractivity contribution in [3.05, 3.63) is 15.8 Å². The van der Waals surface area contributed by atoms with Gasteiger partial charge in [-0.15, -0.1) is 0 Å². The van der Waals surface area contributed by atoms with Gasteiger partial charge in [-0.05, 0) is 20.8 Å². The Morgan fingerprint density at radius 2 is 2.05 bits per heavy atom. The van der Waals surface area contributed by atoms with Crippen molar-refractivity contribution in [2.24, 2.45) is 0 Å². The van der Waals surface area contributed by atoms with Crippen molar-refractivity contribution in [1.82, 2.24) is 9.78 Å². The zero-order chi connectivity index (χ0) is 16.4. The van der Waals surface area contributed by atoms with E-state index in [4.69, 9.17) is 5.11 Å². The Kier molecular flexibility index (Phi) is 5.15. The molecule has 0 radical (unpaired) electrons. The van der Waals surface area contributed by atoms with Crippen LogP contribution in [0.2, 0.25) is 0 Å². The Morgan fingerprint density at radius 3 is 2.43 bits per heavy atom. The second-order valence-electron chi connectivity index (χ2n) is 4.81. The number of aliphatic hydroxyl groups is 1. The quantitative estimate of drug-likeness (QED) is 0.642. The van der Waals surface area contributed by atoms with E-state index in [9.17, 15) is 23.3 Å². The van der Waals surface area contributed by atoms with Gasteiger partial charge >= 0.3 is 11.9 Å². The van der Waals surface area contributed by atoms with Crippen LogP contribution in [-0.4, -0.2) is 45.7 Å². The number of aliphatic hydroxyl groups excluding tert-OH is 1. The zero-order valence-corrected chi connectivity index (χ0v) is 11.9. The highest BCUT2D eigenvalue weighted by Gasteiger charge is 2.37. The molecule has 1 rings (SSSR count). The summed E-state index contributed by atoms with van der Waals surface area (Å²) in [5.41, 5.74) is -0.435. The third kappa shape index (κ3) is 4.06. The van der Waals surface area contributed by atoms with Gasteiger partial charge in [0.25, 0.3) is 0 Å². The molecule has 0 atom stereocenters. The van der Waals surface area contributed by atoms with E-state index in [2.05, 4.69) is 5.10 Å². The highest BCUT2D eigenvalue weighted by atomic mass is 19.4. The van der Waals surface area contributed by atoms with Crippen LogP contribution in [-0.2, 0) is 0 Å². The summed E-state index contributed by atoms with van der Waals surface area (Å²) < 4.78 is 39.2. The highest BCUT2D eigenvalue weighted by Crippen LogP contribution is 2.35. The molecule has 1 aromatic rings. The molecule has 1 aromatic heterocycles. The van der Waals surface area contributed by atoms with Crippen molar-refractivity contribution in [3.8, 4) is 0 Å². The summed E-state index contributed by atoms with van der Waals surface area (Å²) in [5, 5.41) is 24.0. The van der Waals surface area contributed by atoms with E-state index in [-0.39, 0.29) is 24.1 Å². The maximum absolute atomic E-state index is 12.7. The second-order valence-corrected chi connectivity index (χ2v) is 4.81. The fraction of sp³-hybridized carbons (Fsp3) is 0.727. The zero-order valence-electron chi connectivity index (χ0n) is 11.9. The summed E-state index contributed by atoms with van der Waals surface area (Å²) in [7, 11) is 0. The molecule has 0 bridgehead atoms. The molecule has 0 aliphatic rings. The largest absolute Gasteiger partial charge is 0.405 e. The molecule has 0 aromatic carbocycles.